The van der Waals surface area contributed by atoms with Crippen LogP contribution >= 0.6 is 0 Å². The lowest BCUT2D eigenvalue weighted by Gasteiger charge is -2.42. The van der Waals surface area contributed by atoms with Crippen LogP contribution in [0.15, 0.2) is 42.5 Å². The first-order valence-corrected chi connectivity index (χ1v) is 5.41. The summed E-state index contributed by atoms with van der Waals surface area (Å²) in [4.78, 5) is 0. The van der Waals surface area contributed by atoms with Gasteiger partial charge in [0.15, 0.2) is 0 Å². The lowest BCUT2D eigenvalue weighted by molar-refractivity contribution is -0.0714. The Balaban J connectivity index is 3.24. The number of aliphatic hydroxyl groups excluding tert-OH is 1. The largest absolute Gasteiger partial charge is 0.395 e. The minimum absolute atomic E-state index is 0.135. The summed E-state index contributed by atoms with van der Waals surface area (Å²) in [7, 11) is 0. The summed E-state index contributed by atoms with van der Waals surface area (Å²) >= 11 is 0. The van der Waals surface area contributed by atoms with Gasteiger partial charge in [-0.3, -0.25) is 0 Å². The predicted octanol–water partition coefficient (Wildman–Crippen LogP) is 2.47. The molecule has 0 unspecified atom stereocenters. The second-order valence-corrected chi connectivity index (χ2v) is 4.71. The number of benzene rings is 1. The molecular weight excluding hydrogens is 200 g/mol. The molecule has 0 aliphatic rings. The van der Waals surface area contributed by atoms with E-state index in [2.05, 4.69) is 6.58 Å². The van der Waals surface area contributed by atoms with Crippen LogP contribution < -0.4 is 0 Å². The number of rotatable bonds is 4. The molecule has 2 atom stereocenters. The summed E-state index contributed by atoms with van der Waals surface area (Å²) in [5, 5.41) is 20.2. The fourth-order valence-corrected chi connectivity index (χ4v) is 1.79. The molecule has 16 heavy (non-hydrogen) atoms. The van der Waals surface area contributed by atoms with Gasteiger partial charge in [-0.05, 0) is 19.4 Å². The zero-order valence-electron chi connectivity index (χ0n) is 10.2. The molecule has 0 aliphatic heterocycles. The van der Waals surface area contributed by atoms with E-state index in [1.807, 2.05) is 44.2 Å². The summed E-state index contributed by atoms with van der Waals surface area (Å²) in [6.45, 7) is 9.10. The third-order valence-electron chi connectivity index (χ3n) is 3.67. The fourth-order valence-electron chi connectivity index (χ4n) is 1.79. The molecule has 1 aromatic rings. The molecular formula is C14H20O2. The summed E-state index contributed by atoms with van der Waals surface area (Å²) in [5.74, 6) is 0. The van der Waals surface area contributed by atoms with Crippen LogP contribution in [0.3, 0.4) is 0 Å². The highest BCUT2D eigenvalue weighted by Gasteiger charge is 2.44. The standard InChI is InChI=1S/C14H20O2/c1-11(2)13(3,10-15)14(4,16)12-8-6-5-7-9-12/h5-9,15-16H,1,10H2,2-4H3/t13-,14+/m0/s1. The second kappa shape index (κ2) is 4.40. The van der Waals surface area contributed by atoms with Crippen LogP contribution in [-0.2, 0) is 5.60 Å². The lowest BCUT2D eigenvalue weighted by atomic mass is 9.67. The number of aliphatic hydroxyl groups is 2. The summed E-state index contributed by atoms with van der Waals surface area (Å²) in [6.07, 6.45) is 0. The van der Waals surface area contributed by atoms with Gasteiger partial charge >= 0.3 is 0 Å². The first-order chi connectivity index (χ1) is 7.36. The molecule has 0 saturated heterocycles. The molecule has 0 bridgehead atoms. The summed E-state index contributed by atoms with van der Waals surface area (Å²) in [6, 6.07) is 9.37. The van der Waals surface area contributed by atoms with Gasteiger partial charge in [0.1, 0.15) is 0 Å². The van der Waals surface area contributed by atoms with Crippen LogP contribution in [0.1, 0.15) is 26.3 Å². The molecule has 0 heterocycles. The molecule has 2 N–H and O–H groups in total. The van der Waals surface area contributed by atoms with E-state index < -0.39 is 11.0 Å². The molecule has 2 nitrogen and oxygen atoms in total. The zero-order chi connectivity index (χ0) is 12.4. The summed E-state index contributed by atoms with van der Waals surface area (Å²) < 4.78 is 0. The Morgan fingerprint density at radius 3 is 2.12 bits per heavy atom. The van der Waals surface area contributed by atoms with Crippen LogP contribution in [0, 0.1) is 5.41 Å². The van der Waals surface area contributed by atoms with Crippen molar-refractivity contribution >= 4 is 0 Å². The van der Waals surface area contributed by atoms with Gasteiger partial charge in [0.25, 0.3) is 0 Å². The highest BCUT2D eigenvalue weighted by Crippen LogP contribution is 2.43. The van der Waals surface area contributed by atoms with Crippen LogP contribution in [-0.4, -0.2) is 16.8 Å². The molecule has 0 radical (unpaired) electrons. The molecule has 0 aromatic heterocycles. The second-order valence-electron chi connectivity index (χ2n) is 4.71. The minimum Gasteiger partial charge on any atom is -0.395 e. The van der Waals surface area contributed by atoms with E-state index in [1.165, 1.54) is 0 Å². The van der Waals surface area contributed by atoms with Crippen molar-refractivity contribution < 1.29 is 10.2 Å². The molecule has 0 amide bonds. The third kappa shape index (κ3) is 1.91. The fraction of sp³-hybridized carbons (Fsp3) is 0.429. The lowest BCUT2D eigenvalue weighted by Crippen LogP contribution is -2.44. The van der Waals surface area contributed by atoms with Crippen molar-refractivity contribution in [1.29, 1.82) is 0 Å². The van der Waals surface area contributed by atoms with Crippen molar-refractivity contribution in [2.75, 3.05) is 6.61 Å². The van der Waals surface area contributed by atoms with Crippen molar-refractivity contribution in [3.8, 4) is 0 Å². The Morgan fingerprint density at radius 2 is 1.75 bits per heavy atom. The van der Waals surface area contributed by atoms with Gasteiger partial charge in [-0.2, -0.15) is 0 Å². The van der Waals surface area contributed by atoms with Gasteiger partial charge in [-0.25, -0.2) is 0 Å². The van der Waals surface area contributed by atoms with Gasteiger partial charge in [0.2, 0.25) is 0 Å². The minimum atomic E-state index is -1.13. The van der Waals surface area contributed by atoms with Crippen LogP contribution in [0.5, 0.6) is 0 Å². The Labute approximate surface area is 97.2 Å². The maximum absolute atomic E-state index is 10.7. The van der Waals surface area contributed by atoms with Gasteiger partial charge in [0, 0.05) is 5.41 Å². The Morgan fingerprint density at radius 1 is 1.25 bits per heavy atom. The topological polar surface area (TPSA) is 40.5 Å². The van der Waals surface area contributed by atoms with Gasteiger partial charge in [-0.15, -0.1) is 0 Å². The number of hydrogen-bond acceptors (Lipinski definition) is 2. The van der Waals surface area contributed by atoms with E-state index in [1.54, 1.807) is 6.92 Å². The summed E-state index contributed by atoms with van der Waals surface area (Å²) in [5.41, 5.74) is -0.318. The Bertz CT molecular complexity index is 368. The smallest absolute Gasteiger partial charge is 0.0980 e. The van der Waals surface area contributed by atoms with Gasteiger partial charge in [-0.1, -0.05) is 49.4 Å². The molecule has 0 saturated carbocycles. The Kier molecular flexibility index (Phi) is 3.56. The van der Waals surface area contributed by atoms with Gasteiger partial charge < -0.3 is 10.2 Å². The quantitative estimate of drug-likeness (QED) is 0.765. The molecule has 0 fully saturated rings. The maximum Gasteiger partial charge on any atom is 0.0980 e. The molecule has 1 rings (SSSR count). The number of hydrogen-bond donors (Lipinski definition) is 2. The SMILES string of the molecule is C=C(C)[C@](C)(CO)[C@](C)(O)c1ccccc1. The van der Waals surface area contributed by atoms with E-state index in [4.69, 9.17) is 0 Å². The van der Waals surface area contributed by atoms with Crippen LogP contribution in [0.25, 0.3) is 0 Å². The van der Waals surface area contributed by atoms with Crippen LogP contribution in [0.4, 0.5) is 0 Å². The monoisotopic (exact) mass is 220 g/mol. The zero-order valence-corrected chi connectivity index (χ0v) is 10.2. The molecule has 1 aromatic carbocycles. The van der Waals surface area contributed by atoms with Crippen molar-refractivity contribution in [2.24, 2.45) is 5.41 Å². The molecule has 0 aliphatic carbocycles. The van der Waals surface area contributed by atoms with Crippen molar-refractivity contribution in [3.05, 3.63) is 48.0 Å². The predicted molar refractivity (Wildman–Crippen MR) is 66.0 cm³/mol. The molecule has 0 spiro atoms. The van der Waals surface area contributed by atoms with Crippen LogP contribution in [0.2, 0.25) is 0 Å². The van der Waals surface area contributed by atoms with E-state index >= 15 is 0 Å². The first kappa shape index (κ1) is 12.9. The first-order valence-electron chi connectivity index (χ1n) is 5.41. The van der Waals surface area contributed by atoms with Crippen molar-refractivity contribution in [2.45, 2.75) is 26.4 Å². The average molecular weight is 220 g/mol. The van der Waals surface area contributed by atoms with E-state index in [0.29, 0.717) is 0 Å². The van der Waals surface area contributed by atoms with E-state index in [-0.39, 0.29) is 6.61 Å². The molecule has 2 heteroatoms. The highest BCUT2D eigenvalue weighted by molar-refractivity contribution is 5.28. The van der Waals surface area contributed by atoms with E-state index in [9.17, 15) is 10.2 Å². The van der Waals surface area contributed by atoms with Crippen molar-refractivity contribution in [3.63, 3.8) is 0 Å². The Hall–Kier alpha value is -1.12. The normalized spacial score (nSPS) is 18.6. The third-order valence-corrected chi connectivity index (χ3v) is 3.67. The van der Waals surface area contributed by atoms with E-state index in [0.717, 1.165) is 11.1 Å². The van der Waals surface area contributed by atoms with Crippen molar-refractivity contribution in [1.82, 2.24) is 0 Å². The average Bonchev–Trinajstić information content (AvgIpc) is 2.28. The maximum atomic E-state index is 10.7. The molecule has 88 valence electrons. The highest BCUT2D eigenvalue weighted by atomic mass is 16.3. The van der Waals surface area contributed by atoms with Gasteiger partial charge in [0.05, 0.1) is 12.2 Å².